The molecule has 0 aliphatic heterocycles. The van der Waals surface area contributed by atoms with Crippen LogP contribution in [-0.4, -0.2) is 9.13 Å². The van der Waals surface area contributed by atoms with E-state index in [1.54, 1.807) is 0 Å². The number of fused-ring (bicyclic) bond motifs is 9. The summed E-state index contributed by atoms with van der Waals surface area (Å²) in [5.41, 5.74) is 16.1. The van der Waals surface area contributed by atoms with Crippen LogP contribution in [0.2, 0.25) is 0 Å². The second-order valence-electron chi connectivity index (χ2n) is 16.5. The zero-order valence-corrected chi connectivity index (χ0v) is 34.8. The van der Waals surface area contributed by atoms with E-state index in [0.29, 0.717) is 0 Å². The third kappa shape index (κ3) is 5.56. The smallest absolute Gasteiger partial charge is 0.160 e. The number of nitrogens with zero attached hydrogens (tertiary/aromatic N) is 3. The summed E-state index contributed by atoms with van der Waals surface area (Å²) in [5.74, 6) is 0. The van der Waals surface area contributed by atoms with Crippen LogP contribution in [0.1, 0.15) is 0 Å². The third-order valence-corrected chi connectivity index (χ3v) is 12.9. The van der Waals surface area contributed by atoms with Gasteiger partial charge in [0.05, 0.1) is 27.8 Å². The minimum absolute atomic E-state index is 0.830. The first-order valence-electron chi connectivity index (χ1n) is 21.8. The van der Waals surface area contributed by atoms with Gasteiger partial charge < -0.3 is 18.5 Å². The van der Waals surface area contributed by atoms with Crippen molar-refractivity contribution in [3.63, 3.8) is 0 Å². The molecule has 0 saturated carbocycles. The molecule has 3 aromatic heterocycles. The zero-order valence-electron chi connectivity index (χ0n) is 34.8. The first kappa shape index (κ1) is 36.1. The predicted octanol–water partition coefficient (Wildman–Crippen LogP) is 16.6. The van der Waals surface area contributed by atoms with Gasteiger partial charge in [0.15, 0.2) is 5.58 Å². The molecule has 0 amide bonds. The van der Waals surface area contributed by atoms with Gasteiger partial charge in [0, 0.05) is 66.2 Å². The second-order valence-corrected chi connectivity index (χ2v) is 16.5. The van der Waals surface area contributed by atoms with E-state index in [1.807, 2.05) is 0 Å². The summed E-state index contributed by atoms with van der Waals surface area (Å²) in [5, 5.41) is 7.04. The number of aromatic nitrogens is 2. The predicted molar refractivity (Wildman–Crippen MR) is 268 cm³/mol. The fourth-order valence-electron chi connectivity index (χ4n) is 10.1. The van der Waals surface area contributed by atoms with Crippen LogP contribution in [0, 0.1) is 0 Å². The normalized spacial score (nSPS) is 11.8. The third-order valence-electron chi connectivity index (χ3n) is 12.9. The summed E-state index contributed by atoms with van der Waals surface area (Å²) in [6, 6.07) is 85.1. The summed E-state index contributed by atoms with van der Waals surface area (Å²) in [6.45, 7) is 0. The van der Waals surface area contributed by atoms with Crippen LogP contribution in [0.25, 0.3) is 99.2 Å². The number of anilines is 3. The van der Waals surface area contributed by atoms with Gasteiger partial charge in [0.25, 0.3) is 0 Å². The molecule has 13 aromatic rings. The molecule has 4 heteroatoms. The van der Waals surface area contributed by atoms with Crippen LogP contribution in [0.5, 0.6) is 0 Å². The average Bonchev–Trinajstić information content (AvgIpc) is 4.03. The maximum absolute atomic E-state index is 7.08. The van der Waals surface area contributed by atoms with Crippen molar-refractivity contribution < 1.29 is 4.42 Å². The molecule has 0 N–H and O–H groups in total. The van der Waals surface area contributed by atoms with Crippen molar-refractivity contribution in [1.82, 2.24) is 9.13 Å². The first-order valence-corrected chi connectivity index (χ1v) is 21.8. The van der Waals surface area contributed by atoms with E-state index in [-0.39, 0.29) is 0 Å². The van der Waals surface area contributed by atoms with E-state index in [2.05, 4.69) is 251 Å². The quantitative estimate of drug-likeness (QED) is 0.160. The molecule has 0 atom stereocenters. The van der Waals surface area contributed by atoms with Crippen molar-refractivity contribution in [2.45, 2.75) is 0 Å². The fraction of sp³-hybridized carbons (Fsp3) is 0. The minimum Gasteiger partial charge on any atom is -0.454 e. The number of benzene rings is 10. The maximum Gasteiger partial charge on any atom is 0.160 e. The molecule has 13 rings (SSSR count). The SMILES string of the molecule is c1ccc(-c2ccc(N(c3ccc(-n4c5ccccc5c5ccccc54)cc3)c3c(-c4cccc5c6ccccc6n(-c6ccccc6)c45)ccc4c3oc3ccccc34)cc2)cc1. The average molecular weight is 818 g/mol. The van der Waals surface area contributed by atoms with Crippen LogP contribution in [-0.2, 0) is 0 Å². The Balaban J connectivity index is 1.10. The van der Waals surface area contributed by atoms with Gasteiger partial charge >= 0.3 is 0 Å². The van der Waals surface area contributed by atoms with Crippen LogP contribution in [0.4, 0.5) is 17.1 Å². The van der Waals surface area contributed by atoms with E-state index < -0.39 is 0 Å². The molecule has 0 aliphatic carbocycles. The van der Waals surface area contributed by atoms with Crippen molar-refractivity contribution in [3.05, 3.63) is 237 Å². The van der Waals surface area contributed by atoms with Gasteiger partial charge in [-0.1, -0.05) is 158 Å². The van der Waals surface area contributed by atoms with Gasteiger partial charge in [0.2, 0.25) is 0 Å². The summed E-state index contributed by atoms with van der Waals surface area (Å²) in [7, 11) is 0. The van der Waals surface area contributed by atoms with E-state index in [0.717, 1.165) is 78.1 Å². The van der Waals surface area contributed by atoms with Gasteiger partial charge in [-0.25, -0.2) is 0 Å². The van der Waals surface area contributed by atoms with Crippen LogP contribution in [0.3, 0.4) is 0 Å². The lowest BCUT2D eigenvalue weighted by atomic mass is 9.96. The lowest BCUT2D eigenvalue weighted by Gasteiger charge is -2.29. The zero-order chi connectivity index (χ0) is 42.1. The second kappa shape index (κ2) is 14.5. The Morgan fingerprint density at radius 3 is 1.48 bits per heavy atom. The first-order chi connectivity index (χ1) is 31.8. The molecular weight excluding hydrogens is 779 g/mol. The number of hydrogen-bond donors (Lipinski definition) is 0. The molecule has 4 nitrogen and oxygen atoms in total. The van der Waals surface area contributed by atoms with Crippen molar-refractivity contribution in [2.75, 3.05) is 4.90 Å². The molecular formula is C60H39N3O. The molecule has 0 spiro atoms. The highest BCUT2D eigenvalue weighted by Gasteiger charge is 2.27. The molecule has 0 aliphatic rings. The minimum atomic E-state index is 0.830. The Morgan fingerprint density at radius 2 is 0.812 bits per heavy atom. The summed E-state index contributed by atoms with van der Waals surface area (Å²) in [6.07, 6.45) is 0. The van der Waals surface area contributed by atoms with E-state index in [1.165, 1.54) is 38.1 Å². The fourth-order valence-corrected chi connectivity index (χ4v) is 10.1. The summed E-state index contributed by atoms with van der Waals surface area (Å²) < 4.78 is 11.9. The van der Waals surface area contributed by atoms with Crippen LogP contribution in [0.15, 0.2) is 241 Å². The monoisotopic (exact) mass is 817 g/mol. The molecule has 0 radical (unpaired) electrons. The molecule has 3 heterocycles. The van der Waals surface area contributed by atoms with Gasteiger partial charge in [0.1, 0.15) is 5.58 Å². The van der Waals surface area contributed by atoms with Gasteiger partial charge in [-0.2, -0.15) is 0 Å². The number of hydrogen-bond acceptors (Lipinski definition) is 2. The Morgan fingerprint density at radius 1 is 0.312 bits per heavy atom. The van der Waals surface area contributed by atoms with E-state index >= 15 is 0 Å². The molecule has 0 saturated heterocycles. The lowest BCUT2D eigenvalue weighted by molar-refractivity contribution is 0.669. The Labute approximate surface area is 369 Å². The Bertz CT molecular complexity index is 3820. The largest absolute Gasteiger partial charge is 0.454 e. The number of rotatable bonds is 7. The van der Waals surface area contributed by atoms with Crippen molar-refractivity contribution in [2.24, 2.45) is 0 Å². The van der Waals surface area contributed by atoms with Gasteiger partial charge in [-0.3, -0.25) is 0 Å². The van der Waals surface area contributed by atoms with Crippen molar-refractivity contribution in [3.8, 4) is 33.6 Å². The van der Waals surface area contributed by atoms with Crippen molar-refractivity contribution in [1.29, 1.82) is 0 Å². The molecule has 0 bridgehead atoms. The highest BCUT2D eigenvalue weighted by atomic mass is 16.3. The summed E-state index contributed by atoms with van der Waals surface area (Å²) >= 11 is 0. The maximum atomic E-state index is 7.08. The van der Waals surface area contributed by atoms with E-state index in [4.69, 9.17) is 4.42 Å². The van der Waals surface area contributed by atoms with Crippen LogP contribution >= 0.6 is 0 Å². The molecule has 10 aromatic carbocycles. The highest BCUT2D eigenvalue weighted by Crippen LogP contribution is 2.50. The van der Waals surface area contributed by atoms with Gasteiger partial charge in [-0.15, -0.1) is 0 Å². The van der Waals surface area contributed by atoms with Gasteiger partial charge in [-0.05, 0) is 90.0 Å². The van der Waals surface area contributed by atoms with Crippen LogP contribution < -0.4 is 4.90 Å². The lowest BCUT2D eigenvalue weighted by Crippen LogP contribution is -2.12. The highest BCUT2D eigenvalue weighted by molar-refractivity contribution is 6.19. The number of para-hydroxylation sites is 6. The molecule has 64 heavy (non-hydrogen) atoms. The molecule has 0 fully saturated rings. The van der Waals surface area contributed by atoms with Crippen molar-refractivity contribution >= 4 is 82.6 Å². The standard InChI is InChI=1S/C60H39N3O/c1-3-16-40(17-4-1)41-30-32-43(33-31-41)61(44-34-36-45(37-35-44)62-54-26-11-7-20-46(54)47-21-8-12-27-55(47)62)59-52(38-39-53-49-23-10-14-29-57(49)64-60(53)59)51-25-15-24-50-48-22-9-13-28-56(48)63(58(50)51)42-18-5-2-6-19-42/h1-39H. The van der Waals surface area contributed by atoms with E-state index in [9.17, 15) is 0 Å². The Kier molecular flexibility index (Phi) is 8.18. The Hall–Kier alpha value is -8.60. The molecule has 0 unspecified atom stereocenters. The number of furan rings is 1. The molecule has 300 valence electrons. The summed E-state index contributed by atoms with van der Waals surface area (Å²) in [4.78, 5) is 2.40. The topological polar surface area (TPSA) is 26.2 Å².